The van der Waals surface area contributed by atoms with Crippen molar-refractivity contribution in [3.05, 3.63) is 34.1 Å². The topological polar surface area (TPSA) is 34.1 Å². The van der Waals surface area contributed by atoms with E-state index in [-0.39, 0.29) is 29.2 Å². The van der Waals surface area contributed by atoms with Gasteiger partial charge in [0.2, 0.25) is 0 Å². The molecular weight excluding hydrogens is 399 g/mol. The van der Waals surface area contributed by atoms with Gasteiger partial charge in [0.25, 0.3) is 0 Å². The molecule has 0 aliphatic carbocycles. The summed E-state index contributed by atoms with van der Waals surface area (Å²) in [6, 6.07) is 5.03. The number of sulfone groups is 1. The SMILES string of the molecule is O=S1(=O)CCC(C(CBr)Cc2ccc(Br)cc2F)C1. The van der Waals surface area contributed by atoms with Crippen molar-refractivity contribution in [2.45, 2.75) is 12.8 Å². The summed E-state index contributed by atoms with van der Waals surface area (Å²) in [6.45, 7) is 0. The van der Waals surface area contributed by atoms with Crippen molar-refractivity contribution in [3.63, 3.8) is 0 Å². The number of rotatable bonds is 4. The molecule has 1 aromatic rings. The number of alkyl halides is 1. The van der Waals surface area contributed by atoms with Gasteiger partial charge in [-0.1, -0.05) is 37.9 Å². The van der Waals surface area contributed by atoms with Gasteiger partial charge in [0.1, 0.15) is 5.82 Å². The van der Waals surface area contributed by atoms with E-state index in [2.05, 4.69) is 31.9 Å². The second kappa shape index (κ2) is 6.22. The lowest BCUT2D eigenvalue weighted by molar-refractivity contribution is 0.396. The third-order valence-electron chi connectivity index (χ3n) is 3.63. The summed E-state index contributed by atoms with van der Waals surface area (Å²) >= 11 is 6.67. The lowest BCUT2D eigenvalue weighted by atomic mass is 9.88. The Labute approximate surface area is 130 Å². The Hall–Kier alpha value is 0.0600. The second-order valence-electron chi connectivity index (χ2n) is 5.02. The van der Waals surface area contributed by atoms with Crippen LogP contribution in [0.1, 0.15) is 12.0 Å². The standard InChI is InChI=1S/C13H15Br2FO2S/c14-7-11(10-3-4-19(17,18)8-10)5-9-1-2-12(15)6-13(9)16/h1-2,6,10-11H,3-5,7-8H2. The van der Waals surface area contributed by atoms with Crippen LogP contribution < -0.4 is 0 Å². The zero-order valence-corrected chi connectivity index (χ0v) is 14.3. The molecule has 1 fully saturated rings. The van der Waals surface area contributed by atoms with E-state index in [1.165, 1.54) is 6.07 Å². The Morgan fingerprint density at radius 3 is 2.68 bits per heavy atom. The van der Waals surface area contributed by atoms with Crippen LogP contribution in [-0.4, -0.2) is 25.3 Å². The first kappa shape index (κ1) is 15.4. The highest BCUT2D eigenvalue weighted by Crippen LogP contribution is 2.30. The summed E-state index contributed by atoms with van der Waals surface area (Å²) < 4.78 is 37.6. The van der Waals surface area contributed by atoms with Crippen LogP contribution in [0.4, 0.5) is 4.39 Å². The van der Waals surface area contributed by atoms with Crippen molar-refractivity contribution in [1.29, 1.82) is 0 Å². The van der Waals surface area contributed by atoms with Gasteiger partial charge < -0.3 is 0 Å². The molecule has 1 aliphatic rings. The highest BCUT2D eigenvalue weighted by atomic mass is 79.9. The largest absolute Gasteiger partial charge is 0.229 e. The van der Waals surface area contributed by atoms with E-state index in [0.29, 0.717) is 28.2 Å². The van der Waals surface area contributed by atoms with E-state index in [1.54, 1.807) is 6.07 Å². The molecule has 2 nitrogen and oxygen atoms in total. The fourth-order valence-corrected chi connectivity index (χ4v) is 5.52. The third kappa shape index (κ3) is 4.02. The van der Waals surface area contributed by atoms with Gasteiger partial charge in [-0.15, -0.1) is 0 Å². The summed E-state index contributed by atoms with van der Waals surface area (Å²) in [5, 5.41) is 0.697. The molecule has 0 saturated carbocycles. The van der Waals surface area contributed by atoms with Crippen LogP contribution in [0, 0.1) is 17.7 Å². The van der Waals surface area contributed by atoms with E-state index < -0.39 is 9.84 Å². The molecule has 1 saturated heterocycles. The highest BCUT2D eigenvalue weighted by molar-refractivity contribution is 9.10. The van der Waals surface area contributed by atoms with Crippen molar-refractivity contribution in [1.82, 2.24) is 0 Å². The van der Waals surface area contributed by atoms with Gasteiger partial charge >= 0.3 is 0 Å². The average Bonchev–Trinajstić information content (AvgIpc) is 2.69. The fraction of sp³-hybridized carbons (Fsp3) is 0.538. The number of benzene rings is 1. The minimum absolute atomic E-state index is 0.132. The zero-order chi connectivity index (χ0) is 14.0. The molecule has 0 spiro atoms. The van der Waals surface area contributed by atoms with Crippen molar-refractivity contribution in [2.24, 2.45) is 11.8 Å². The van der Waals surface area contributed by atoms with E-state index >= 15 is 0 Å². The van der Waals surface area contributed by atoms with Crippen LogP contribution in [0.15, 0.2) is 22.7 Å². The predicted molar refractivity (Wildman–Crippen MR) is 81.8 cm³/mol. The minimum Gasteiger partial charge on any atom is -0.229 e. The molecule has 0 aromatic heterocycles. The van der Waals surface area contributed by atoms with Gasteiger partial charge in [0, 0.05) is 9.80 Å². The fourth-order valence-electron chi connectivity index (χ4n) is 2.51. The van der Waals surface area contributed by atoms with Crippen molar-refractivity contribution in [3.8, 4) is 0 Å². The normalized spacial score (nSPS) is 23.4. The van der Waals surface area contributed by atoms with Gasteiger partial charge in [-0.25, -0.2) is 12.8 Å². The summed E-state index contributed by atoms with van der Waals surface area (Å²) in [4.78, 5) is 0. The Bertz CT molecular complexity index is 560. The summed E-state index contributed by atoms with van der Waals surface area (Å²) in [6.07, 6.45) is 1.27. The first-order valence-electron chi connectivity index (χ1n) is 6.11. The molecule has 6 heteroatoms. The highest BCUT2D eigenvalue weighted by Gasteiger charge is 2.33. The molecule has 1 aromatic carbocycles. The van der Waals surface area contributed by atoms with Crippen LogP contribution in [0.2, 0.25) is 0 Å². The predicted octanol–water partition coefficient (Wildman–Crippen LogP) is 3.58. The summed E-state index contributed by atoms with van der Waals surface area (Å²) in [5.74, 6) is 0.562. The number of halogens is 3. The zero-order valence-electron chi connectivity index (χ0n) is 10.3. The maximum Gasteiger partial charge on any atom is 0.150 e. The first-order valence-corrected chi connectivity index (χ1v) is 9.85. The monoisotopic (exact) mass is 412 g/mol. The molecule has 1 heterocycles. The molecule has 0 amide bonds. The summed E-state index contributed by atoms with van der Waals surface area (Å²) in [5.41, 5.74) is 0.650. The van der Waals surface area contributed by atoms with Crippen LogP contribution in [0.3, 0.4) is 0 Å². The molecule has 0 radical (unpaired) electrons. The third-order valence-corrected chi connectivity index (χ3v) is 6.75. The smallest absolute Gasteiger partial charge is 0.150 e. The Morgan fingerprint density at radius 2 is 2.16 bits per heavy atom. The molecule has 106 valence electrons. The molecule has 2 atom stereocenters. The maximum atomic E-state index is 13.8. The van der Waals surface area contributed by atoms with Crippen LogP contribution in [0.25, 0.3) is 0 Å². The lowest BCUT2D eigenvalue weighted by Gasteiger charge is -2.20. The lowest BCUT2D eigenvalue weighted by Crippen LogP contribution is -2.20. The molecular formula is C13H15Br2FO2S. The van der Waals surface area contributed by atoms with Crippen LogP contribution in [0.5, 0.6) is 0 Å². The van der Waals surface area contributed by atoms with Crippen LogP contribution >= 0.6 is 31.9 Å². The Kier molecular flexibility index (Phi) is 5.06. The Balaban J connectivity index is 2.11. The van der Waals surface area contributed by atoms with E-state index in [9.17, 15) is 12.8 Å². The van der Waals surface area contributed by atoms with Gasteiger partial charge in [-0.05, 0) is 42.4 Å². The molecule has 19 heavy (non-hydrogen) atoms. The van der Waals surface area contributed by atoms with Crippen molar-refractivity contribution >= 4 is 41.7 Å². The molecule has 2 unspecified atom stereocenters. The molecule has 2 rings (SSSR count). The number of hydrogen-bond donors (Lipinski definition) is 0. The molecule has 0 N–H and O–H groups in total. The van der Waals surface area contributed by atoms with Gasteiger partial charge in [-0.3, -0.25) is 0 Å². The second-order valence-corrected chi connectivity index (χ2v) is 8.81. The molecule has 0 bridgehead atoms. The summed E-state index contributed by atoms with van der Waals surface area (Å²) in [7, 11) is -2.88. The van der Waals surface area contributed by atoms with Crippen molar-refractivity contribution < 1.29 is 12.8 Å². The quantitative estimate of drug-likeness (QED) is 0.707. The number of hydrogen-bond acceptors (Lipinski definition) is 2. The minimum atomic E-state index is -2.88. The van der Waals surface area contributed by atoms with Gasteiger partial charge in [-0.2, -0.15) is 0 Å². The van der Waals surface area contributed by atoms with E-state index in [0.717, 1.165) is 0 Å². The van der Waals surface area contributed by atoms with Crippen LogP contribution in [-0.2, 0) is 16.3 Å². The van der Waals surface area contributed by atoms with Crippen molar-refractivity contribution in [2.75, 3.05) is 16.8 Å². The molecule has 1 aliphatic heterocycles. The van der Waals surface area contributed by atoms with Gasteiger partial charge in [0.15, 0.2) is 9.84 Å². The maximum absolute atomic E-state index is 13.8. The van der Waals surface area contributed by atoms with E-state index in [1.807, 2.05) is 6.07 Å². The average molecular weight is 414 g/mol. The van der Waals surface area contributed by atoms with E-state index in [4.69, 9.17) is 0 Å². The Morgan fingerprint density at radius 1 is 1.42 bits per heavy atom. The first-order chi connectivity index (χ1) is 8.91. The van der Waals surface area contributed by atoms with Gasteiger partial charge in [0.05, 0.1) is 11.5 Å².